The Bertz CT molecular complexity index is 605. The fraction of sp³-hybridized carbons (Fsp3) is 0. The van der Waals surface area contributed by atoms with Gasteiger partial charge in [0.1, 0.15) is 5.82 Å². The summed E-state index contributed by atoms with van der Waals surface area (Å²) in [4.78, 5) is 11.9. The minimum atomic E-state index is -5.08. The van der Waals surface area contributed by atoms with Crippen molar-refractivity contribution in [2.45, 2.75) is 0 Å². The number of hydrogen-bond donors (Lipinski definition) is 0. The highest BCUT2D eigenvalue weighted by atomic mass is 19.4. The molecular formula is C13H8BF4O-. The van der Waals surface area contributed by atoms with Crippen LogP contribution in [0.3, 0.4) is 0 Å². The lowest BCUT2D eigenvalue weighted by Crippen LogP contribution is -2.33. The fourth-order valence-corrected chi connectivity index (χ4v) is 1.65. The van der Waals surface area contributed by atoms with E-state index in [9.17, 15) is 22.1 Å². The average molecular weight is 267 g/mol. The van der Waals surface area contributed by atoms with E-state index >= 15 is 0 Å². The smallest absolute Gasteiger partial charge is 0.445 e. The molecule has 0 N–H and O–H groups in total. The second-order valence-electron chi connectivity index (χ2n) is 4.04. The summed E-state index contributed by atoms with van der Waals surface area (Å²) in [5.74, 6) is -1.08. The lowest BCUT2D eigenvalue weighted by molar-refractivity contribution is 0.103. The van der Waals surface area contributed by atoms with Gasteiger partial charge in [-0.15, -0.1) is 5.46 Å². The second kappa shape index (κ2) is 4.88. The molecule has 0 aliphatic carbocycles. The maximum absolute atomic E-state index is 13.0. The Labute approximate surface area is 106 Å². The zero-order chi connectivity index (χ0) is 14.0. The van der Waals surface area contributed by atoms with Crippen molar-refractivity contribution in [2.24, 2.45) is 0 Å². The van der Waals surface area contributed by atoms with Gasteiger partial charge in [0.2, 0.25) is 0 Å². The SMILES string of the molecule is O=C(c1ccc([B-](F)(F)F)cc1)c1cccc(F)c1. The van der Waals surface area contributed by atoms with E-state index in [4.69, 9.17) is 0 Å². The molecule has 0 heterocycles. The van der Waals surface area contributed by atoms with Crippen molar-refractivity contribution in [1.82, 2.24) is 0 Å². The topological polar surface area (TPSA) is 17.1 Å². The van der Waals surface area contributed by atoms with Gasteiger partial charge in [-0.05, 0) is 12.1 Å². The van der Waals surface area contributed by atoms with Gasteiger partial charge in [-0.1, -0.05) is 36.4 Å². The first-order valence-electron chi connectivity index (χ1n) is 5.48. The maximum Gasteiger partial charge on any atom is 0.509 e. The molecule has 1 nitrogen and oxygen atoms in total. The fourth-order valence-electron chi connectivity index (χ4n) is 1.65. The van der Waals surface area contributed by atoms with E-state index in [1.807, 2.05) is 0 Å². The Morgan fingerprint density at radius 2 is 1.53 bits per heavy atom. The third-order valence-electron chi connectivity index (χ3n) is 2.64. The van der Waals surface area contributed by atoms with Gasteiger partial charge in [0.15, 0.2) is 5.78 Å². The lowest BCUT2D eigenvalue weighted by atomic mass is 9.79. The van der Waals surface area contributed by atoms with E-state index in [1.165, 1.54) is 18.2 Å². The molecule has 98 valence electrons. The highest BCUT2D eigenvalue weighted by molar-refractivity contribution is 6.73. The van der Waals surface area contributed by atoms with Crippen LogP contribution in [0.15, 0.2) is 48.5 Å². The van der Waals surface area contributed by atoms with Crippen LogP contribution in [0.1, 0.15) is 15.9 Å². The number of carbonyl (C=O) groups excluding carboxylic acids is 1. The summed E-state index contributed by atoms with van der Waals surface area (Å²) < 4.78 is 50.2. The molecule has 2 aromatic carbocycles. The zero-order valence-corrected chi connectivity index (χ0v) is 9.62. The first kappa shape index (κ1) is 13.3. The van der Waals surface area contributed by atoms with Crippen LogP contribution in [0.5, 0.6) is 0 Å². The van der Waals surface area contributed by atoms with Gasteiger partial charge in [0.25, 0.3) is 0 Å². The number of carbonyl (C=O) groups is 1. The van der Waals surface area contributed by atoms with Gasteiger partial charge in [-0.2, -0.15) is 0 Å². The molecular weight excluding hydrogens is 259 g/mol. The van der Waals surface area contributed by atoms with E-state index in [1.54, 1.807) is 0 Å². The molecule has 0 radical (unpaired) electrons. The summed E-state index contributed by atoms with van der Waals surface area (Å²) in [5, 5.41) is 0. The Kier molecular flexibility index (Phi) is 3.42. The molecule has 6 heteroatoms. The number of benzene rings is 2. The number of halogens is 4. The third kappa shape index (κ3) is 3.02. The first-order chi connectivity index (χ1) is 8.88. The quantitative estimate of drug-likeness (QED) is 0.474. The molecule has 0 unspecified atom stereocenters. The molecule has 0 saturated carbocycles. The Morgan fingerprint density at radius 3 is 2.05 bits per heavy atom. The summed E-state index contributed by atoms with van der Waals surface area (Å²) in [6, 6.07) is 8.91. The predicted octanol–water partition coefficient (Wildman–Crippen LogP) is 3.11. The summed E-state index contributed by atoms with van der Waals surface area (Å²) >= 11 is 0. The predicted molar refractivity (Wildman–Crippen MR) is 65.0 cm³/mol. The van der Waals surface area contributed by atoms with Crippen LogP contribution in [0.4, 0.5) is 17.3 Å². The second-order valence-corrected chi connectivity index (χ2v) is 4.04. The van der Waals surface area contributed by atoms with Gasteiger partial charge in [0, 0.05) is 11.1 Å². The number of hydrogen-bond acceptors (Lipinski definition) is 1. The van der Waals surface area contributed by atoms with Crippen LogP contribution in [0.25, 0.3) is 0 Å². The molecule has 0 fully saturated rings. The number of ketones is 1. The van der Waals surface area contributed by atoms with Crippen LogP contribution >= 0.6 is 0 Å². The van der Waals surface area contributed by atoms with Gasteiger partial charge >= 0.3 is 6.98 Å². The molecule has 0 aliphatic heterocycles. The highest BCUT2D eigenvalue weighted by Crippen LogP contribution is 2.13. The van der Waals surface area contributed by atoms with Gasteiger partial charge in [0.05, 0.1) is 0 Å². The molecule has 0 bridgehead atoms. The van der Waals surface area contributed by atoms with Gasteiger partial charge in [-0.25, -0.2) is 4.39 Å². The third-order valence-corrected chi connectivity index (χ3v) is 2.64. The molecule has 0 aromatic heterocycles. The monoisotopic (exact) mass is 267 g/mol. The van der Waals surface area contributed by atoms with Crippen molar-refractivity contribution in [3.05, 3.63) is 65.5 Å². The van der Waals surface area contributed by atoms with Crippen LogP contribution in [0, 0.1) is 5.82 Å². The van der Waals surface area contributed by atoms with Crippen molar-refractivity contribution in [3.8, 4) is 0 Å². The lowest BCUT2D eigenvalue weighted by Gasteiger charge is -2.14. The molecule has 0 atom stereocenters. The Balaban J connectivity index is 2.30. The van der Waals surface area contributed by atoms with E-state index in [0.717, 1.165) is 30.3 Å². The Hall–Kier alpha value is -2.11. The Morgan fingerprint density at radius 1 is 0.895 bits per heavy atom. The highest BCUT2D eigenvalue weighted by Gasteiger charge is 2.25. The normalized spacial score (nSPS) is 11.4. The molecule has 2 aromatic rings. The summed E-state index contributed by atoms with van der Waals surface area (Å²) in [7, 11) is 0. The molecule has 0 spiro atoms. The molecule has 19 heavy (non-hydrogen) atoms. The van der Waals surface area contributed by atoms with Crippen molar-refractivity contribution in [2.75, 3.05) is 0 Å². The van der Waals surface area contributed by atoms with Crippen molar-refractivity contribution < 1.29 is 22.1 Å². The van der Waals surface area contributed by atoms with Crippen LogP contribution in [0.2, 0.25) is 0 Å². The molecule has 2 rings (SSSR count). The average Bonchev–Trinajstić information content (AvgIpc) is 2.37. The largest absolute Gasteiger partial charge is 0.509 e. The minimum absolute atomic E-state index is 0.0920. The minimum Gasteiger partial charge on any atom is -0.445 e. The van der Waals surface area contributed by atoms with Gasteiger partial charge in [-0.3, -0.25) is 4.79 Å². The standard InChI is InChI=1S/C13H8BF4O/c15-12-3-1-2-10(8-12)13(19)9-4-6-11(7-5-9)14(16,17)18/h1-8H/q-1. The summed E-state index contributed by atoms with van der Waals surface area (Å²) in [6.07, 6.45) is 0. The van der Waals surface area contributed by atoms with Crippen LogP contribution < -0.4 is 5.46 Å². The van der Waals surface area contributed by atoms with Crippen molar-refractivity contribution in [1.29, 1.82) is 0 Å². The van der Waals surface area contributed by atoms with Crippen LogP contribution in [-0.4, -0.2) is 12.8 Å². The van der Waals surface area contributed by atoms with E-state index in [2.05, 4.69) is 0 Å². The maximum atomic E-state index is 13.0. The van der Waals surface area contributed by atoms with Gasteiger partial charge < -0.3 is 12.9 Å². The molecule has 0 aliphatic rings. The van der Waals surface area contributed by atoms with Crippen LogP contribution in [-0.2, 0) is 0 Å². The van der Waals surface area contributed by atoms with E-state index < -0.39 is 24.0 Å². The van der Waals surface area contributed by atoms with E-state index in [-0.39, 0.29) is 11.1 Å². The van der Waals surface area contributed by atoms with Crippen molar-refractivity contribution >= 4 is 18.2 Å². The first-order valence-corrected chi connectivity index (χ1v) is 5.48. The molecule has 0 amide bonds. The number of rotatable bonds is 3. The van der Waals surface area contributed by atoms with E-state index in [0.29, 0.717) is 0 Å². The summed E-state index contributed by atoms with van der Waals surface area (Å²) in [6.45, 7) is -5.08. The zero-order valence-electron chi connectivity index (χ0n) is 9.62. The van der Waals surface area contributed by atoms with Crippen molar-refractivity contribution in [3.63, 3.8) is 0 Å². The molecule has 0 saturated heterocycles. The summed E-state index contributed by atoms with van der Waals surface area (Å²) in [5.41, 5.74) is -0.574.